The van der Waals surface area contributed by atoms with Crippen LogP contribution in [0.2, 0.25) is 0 Å². The predicted molar refractivity (Wildman–Crippen MR) is 212 cm³/mol. The third-order valence-electron chi connectivity index (χ3n) is 9.45. The number of nitrogens with two attached hydrogens (primary N) is 1. The number of rotatable bonds is 20. The number of fused-ring (bicyclic) bond motifs is 1. The van der Waals surface area contributed by atoms with Gasteiger partial charge in [-0.25, -0.2) is 8.78 Å². The van der Waals surface area contributed by atoms with E-state index in [9.17, 15) is 18.5 Å². The lowest BCUT2D eigenvalue weighted by atomic mass is 10.0. The van der Waals surface area contributed by atoms with Gasteiger partial charge in [0.25, 0.3) is 0 Å². The molecule has 1 aromatic heterocycles. The van der Waals surface area contributed by atoms with Crippen LogP contribution in [-0.4, -0.2) is 61.5 Å². The molecule has 0 atom stereocenters. The molecule has 0 saturated heterocycles. The Kier molecular flexibility index (Phi) is 13.2. The Morgan fingerprint density at radius 1 is 0.860 bits per heavy atom. The highest BCUT2D eigenvalue weighted by molar-refractivity contribution is 7.53. The normalized spacial score (nSPS) is 13.4. The van der Waals surface area contributed by atoms with Crippen molar-refractivity contribution in [3.63, 3.8) is 0 Å². The van der Waals surface area contributed by atoms with Crippen LogP contribution in [0.15, 0.2) is 97.2 Å². The zero-order valence-corrected chi connectivity index (χ0v) is 32.9. The molecule has 0 spiro atoms. The number of primary amides is 1. The molecular weight excluding hydrogens is 757 g/mol. The van der Waals surface area contributed by atoms with Crippen LogP contribution in [0.1, 0.15) is 38.7 Å². The summed E-state index contributed by atoms with van der Waals surface area (Å²) in [6.45, 7) is 5.48. The van der Waals surface area contributed by atoms with Crippen molar-refractivity contribution < 1.29 is 46.2 Å². The first-order valence-electron chi connectivity index (χ1n) is 18.6. The molecule has 0 radical (unpaired) electrons. The SMILES string of the molecule is CCOP(=O)(CN(CCCOc1cc2nccc(Oc3ccc(N(C(=O)C4(C(N)=O)CC4)c4ccc(F)cc4)cc3F)c2cc1OC)Cc1ccccc1)OCC. The van der Waals surface area contributed by atoms with Crippen molar-refractivity contribution >= 4 is 41.7 Å². The van der Waals surface area contributed by atoms with Gasteiger partial charge in [-0.1, -0.05) is 30.3 Å². The fourth-order valence-corrected chi connectivity index (χ4v) is 8.22. The summed E-state index contributed by atoms with van der Waals surface area (Å²) < 4.78 is 72.1. The van der Waals surface area contributed by atoms with E-state index in [-0.39, 0.29) is 55.2 Å². The molecule has 15 heteroatoms. The number of halogens is 2. The number of amides is 2. The highest BCUT2D eigenvalue weighted by Crippen LogP contribution is 2.50. The number of aromatic nitrogens is 1. The zero-order chi connectivity index (χ0) is 40.6. The van der Waals surface area contributed by atoms with Crippen molar-refractivity contribution in [1.82, 2.24) is 9.88 Å². The molecule has 4 aromatic carbocycles. The van der Waals surface area contributed by atoms with Gasteiger partial charge in [0.15, 0.2) is 23.1 Å². The maximum Gasteiger partial charge on any atom is 0.344 e. The minimum atomic E-state index is -3.35. The lowest BCUT2D eigenvalue weighted by molar-refractivity contribution is -0.133. The van der Waals surface area contributed by atoms with Gasteiger partial charge >= 0.3 is 7.60 Å². The standard InChI is InChI=1S/C42H45F2N4O8P/c1-4-54-57(51,55-5-2)28-47(27-29-10-7-6-8-11-29)22-9-23-53-39-26-35-33(25-38(39)52-3)36(18-21-46-35)56-37-17-16-32(24-34(37)44)48(31-14-12-30(43)13-15-31)41(50)42(19-20-42)40(45)49/h6-8,10-18,21,24-26H,4-5,9,19-20,22-23,27-28H2,1-3H3,(H2,45,49). The summed E-state index contributed by atoms with van der Waals surface area (Å²) in [5.74, 6) is -1.77. The van der Waals surface area contributed by atoms with Crippen LogP contribution < -0.4 is 24.8 Å². The third-order valence-corrected chi connectivity index (χ3v) is 11.5. The second kappa shape index (κ2) is 18.2. The lowest BCUT2D eigenvalue weighted by Crippen LogP contribution is -2.41. The molecule has 1 saturated carbocycles. The molecule has 1 fully saturated rings. The summed E-state index contributed by atoms with van der Waals surface area (Å²) >= 11 is 0. The van der Waals surface area contributed by atoms with Crippen molar-refractivity contribution in [2.24, 2.45) is 11.1 Å². The molecule has 5 aromatic rings. The Morgan fingerprint density at radius 3 is 2.19 bits per heavy atom. The van der Waals surface area contributed by atoms with Crippen LogP contribution >= 0.6 is 7.60 Å². The molecule has 1 aliphatic rings. The Labute approximate surface area is 330 Å². The van der Waals surface area contributed by atoms with Crippen LogP contribution in [0, 0.1) is 17.0 Å². The van der Waals surface area contributed by atoms with Gasteiger partial charge in [-0.05, 0) is 87.2 Å². The molecule has 1 heterocycles. The van der Waals surface area contributed by atoms with E-state index in [0.29, 0.717) is 48.5 Å². The topological polar surface area (TPSA) is 143 Å². The number of nitrogens with zero attached hydrogens (tertiary/aromatic N) is 3. The molecule has 0 aliphatic heterocycles. The van der Waals surface area contributed by atoms with Gasteiger partial charge in [-0.3, -0.25) is 28.9 Å². The van der Waals surface area contributed by atoms with Crippen molar-refractivity contribution in [2.75, 3.05) is 44.7 Å². The highest BCUT2D eigenvalue weighted by Gasteiger charge is 2.57. The van der Waals surface area contributed by atoms with Crippen molar-refractivity contribution in [1.29, 1.82) is 0 Å². The monoisotopic (exact) mass is 802 g/mol. The van der Waals surface area contributed by atoms with Crippen LogP contribution in [0.5, 0.6) is 23.0 Å². The Bertz CT molecular complexity index is 2230. The summed E-state index contributed by atoms with van der Waals surface area (Å²) in [7, 11) is -1.84. The van der Waals surface area contributed by atoms with Gasteiger partial charge in [-0.15, -0.1) is 0 Å². The van der Waals surface area contributed by atoms with E-state index in [0.717, 1.165) is 11.6 Å². The first kappa shape index (κ1) is 41.2. The van der Waals surface area contributed by atoms with Gasteiger partial charge in [-0.2, -0.15) is 0 Å². The van der Waals surface area contributed by atoms with E-state index >= 15 is 4.39 Å². The first-order chi connectivity index (χ1) is 27.5. The minimum Gasteiger partial charge on any atom is -0.493 e. The lowest BCUT2D eigenvalue weighted by Gasteiger charge is -2.27. The van der Waals surface area contributed by atoms with Crippen LogP contribution in [0.25, 0.3) is 10.9 Å². The molecule has 57 heavy (non-hydrogen) atoms. The number of anilines is 2. The highest BCUT2D eigenvalue weighted by atomic mass is 31.2. The quantitative estimate of drug-likeness (QED) is 0.0461. The number of hydrogen-bond donors (Lipinski definition) is 1. The Morgan fingerprint density at radius 2 is 1.56 bits per heavy atom. The summed E-state index contributed by atoms with van der Waals surface area (Å²) in [5, 5.41) is 0.516. The average molecular weight is 803 g/mol. The summed E-state index contributed by atoms with van der Waals surface area (Å²) in [6.07, 6.45) is 2.74. The summed E-state index contributed by atoms with van der Waals surface area (Å²) in [4.78, 5) is 33.6. The fourth-order valence-electron chi connectivity index (χ4n) is 6.47. The van der Waals surface area contributed by atoms with Gasteiger partial charge < -0.3 is 29.0 Å². The number of carbonyl (C=O) groups excluding carboxylic acids is 2. The Hall–Kier alpha value is -5.40. The van der Waals surface area contributed by atoms with Gasteiger partial charge in [0.05, 0.1) is 38.1 Å². The maximum atomic E-state index is 15.8. The van der Waals surface area contributed by atoms with Crippen LogP contribution in [0.3, 0.4) is 0 Å². The van der Waals surface area contributed by atoms with E-state index in [2.05, 4.69) is 4.98 Å². The van der Waals surface area contributed by atoms with Crippen molar-refractivity contribution in [3.8, 4) is 23.0 Å². The third kappa shape index (κ3) is 9.77. The molecule has 0 unspecified atom stereocenters. The Balaban J connectivity index is 1.18. The number of carbonyl (C=O) groups is 2. The molecule has 1 aliphatic carbocycles. The minimum absolute atomic E-state index is 0.104. The van der Waals surface area contributed by atoms with E-state index in [1.165, 1.54) is 54.6 Å². The fraction of sp³-hybridized carbons (Fsp3) is 0.310. The van der Waals surface area contributed by atoms with Gasteiger partial charge in [0.2, 0.25) is 11.8 Å². The summed E-state index contributed by atoms with van der Waals surface area (Å²) in [6, 6.07) is 23.9. The number of benzene rings is 4. The van der Waals surface area contributed by atoms with Crippen molar-refractivity contribution in [2.45, 2.75) is 39.7 Å². The number of hydrogen-bond acceptors (Lipinski definition) is 10. The molecule has 2 amide bonds. The predicted octanol–water partition coefficient (Wildman–Crippen LogP) is 8.74. The average Bonchev–Trinajstić information content (AvgIpc) is 4.01. The van der Waals surface area contributed by atoms with E-state index in [1.807, 2.05) is 35.2 Å². The van der Waals surface area contributed by atoms with E-state index in [4.69, 9.17) is 29.0 Å². The van der Waals surface area contributed by atoms with Crippen molar-refractivity contribution in [3.05, 3.63) is 114 Å². The smallest absolute Gasteiger partial charge is 0.344 e. The molecule has 12 nitrogen and oxygen atoms in total. The van der Waals surface area contributed by atoms with Crippen LogP contribution in [0.4, 0.5) is 20.2 Å². The molecule has 300 valence electrons. The second-order valence-electron chi connectivity index (χ2n) is 13.4. The van der Waals surface area contributed by atoms with Gasteiger partial charge in [0.1, 0.15) is 23.3 Å². The zero-order valence-electron chi connectivity index (χ0n) is 32.0. The molecule has 6 rings (SSSR count). The number of ether oxygens (including phenoxy) is 3. The largest absolute Gasteiger partial charge is 0.493 e. The molecular formula is C42H45F2N4O8P. The number of methoxy groups -OCH3 is 1. The molecule has 2 N–H and O–H groups in total. The summed E-state index contributed by atoms with van der Waals surface area (Å²) in [5.41, 5.74) is 6.07. The van der Waals surface area contributed by atoms with Crippen LogP contribution in [-0.2, 0) is 29.7 Å². The molecule has 0 bridgehead atoms. The van der Waals surface area contributed by atoms with E-state index < -0.39 is 36.5 Å². The maximum absolute atomic E-state index is 15.8. The van der Waals surface area contributed by atoms with Gasteiger partial charge in [0, 0.05) is 42.5 Å². The van der Waals surface area contributed by atoms with E-state index in [1.54, 1.807) is 32.0 Å². The first-order valence-corrected chi connectivity index (χ1v) is 20.3. The number of pyridine rings is 1. The second-order valence-corrected chi connectivity index (χ2v) is 15.5.